The van der Waals surface area contributed by atoms with Crippen LogP contribution in [0.25, 0.3) is 70.5 Å². The Morgan fingerprint density at radius 3 is 2.18 bits per heavy atom. The molecule has 0 amide bonds. The molecule has 8 rings (SSSR count). The zero-order valence-corrected chi connectivity index (χ0v) is 18.6. The Bertz CT molecular complexity index is 2090. The number of para-hydroxylation sites is 2. The van der Waals surface area contributed by atoms with Crippen molar-refractivity contribution >= 4 is 70.5 Å². The molecule has 0 aliphatic carbocycles. The lowest BCUT2D eigenvalue weighted by Gasteiger charge is -2.11. The minimum Gasteiger partial charge on any atom is -0.308 e. The lowest BCUT2D eigenvalue weighted by molar-refractivity contribution is -0.644. The van der Waals surface area contributed by atoms with Crippen molar-refractivity contribution in [2.24, 2.45) is 7.05 Å². The number of benzene rings is 5. The van der Waals surface area contributed by atoms with Crippen molar-refractivity contribution in [3.8, 4) is 0 Å². The predicted molar refractivity (Wildman–Crippen MR) is 140 cm³/mol. The van der Waals surface area contributed by atoms with Crippen LogP contribution < -0.4 is 4.57 Å². The molecule has 5 aromatic carbocycles. The molecule has 3 aromatic heterocycles. The van der Waals surface area contributed by atoms with E-state index < -0.39 is 0 Å². The third-order valence-corrected chi connectivity index (χ3v) is 7.63. The van der Waals surface area contributed by atoms with Crippen molar-refractivity contribution in [3.63, 3.8) is 0 Å². The number of nitrogens with zero attached hydrogens (tertiary/aromatic N) is 2. The van der Waals surface area contributed by atoms with E-state index in [9.17, 15) is 0 Å². The topological polar surface area (TPSA) is 8.29 Å². The van der Waals surface area contributed by atoms with Crippen LogP contribution in [0, 0.1) is 6.92 Å². The van der Waals surface area contributed by atoms with Crippen molar-refractivity contribution in [2.75, 3.05) is 0 Å². The van der Waals surface area contributed by atoms with E-state index in [1.54, 1.807) is 0 Å². The number of hydrogen-bond acceptors (Lipinski definition) is 0. The van der Waals surface area contributed by atoms with Crippen LogP contribution in [0.15, 0.2) is 91.1 Å². The summed E-state index contributed by atoms with van der Waals surface area (Å²) in [7, 11) is 2.16. The number of pyridine rings is 1. The third-order valence-electron chi connectivity index (χ3n) is 7.63. The molecule has 0 radical (unpaired) electrons. The SMILES string of the molecule is Cc1cccc2c3cc4c(cc3c3ccc[n+](C)c3c12)c1cccc2c3ccccc3n4c21. The molecule has 8 aromatic rings. The molecule has 0 saturated heterocycles. The van der Waals surface area contributed by atoms with Gasteiger partial charge in [0.2, 0.25) is 5.52 Å². The van der Waals surface area contributed by atoms with Gasteiger partial charge in [0, 0.05) is 27.6 Å². The third kappa shape index (κ3) is 1.98. The molecular weight excluding hydrogens is 400 g/mol. The summed E-state index contributed by atoms with van der Waals surface area (Å²) in [6.07, 6.45) is 2.16. The minimum absolute atomic E-state index is 1.28. The van der Waals surface area contributed by atoms with Gasteiger partial charge < -0.3 is 4.40 Å². The minimum atomic E-state index is 1.28. The summed E-state index contributed by atoms with van der Waals surface area (Å²) in [6, 6.07) is 31.6. The Labute approximate surface area is 190 Å². The first-order chi connectivity index (χ1) is 16.2. The second kappa shape index (κ2) is 5.79. The summed E-state index contributed by atoms with van der Waals surface area (Å²) in [5, 5.41) is 12.0. The van der Waals surface area contributed by atoms with Crippen molar-refractivity contribution < 1.29 is 4.57 Å². The highest BCUT2D eigenvalue weighted by molar-refractivity contribution is 6.30. The summed E-state index contributed by atoms with van der Waals surface area (Å²) >= 11 is 0. The molecule has 0 aliphatic heterocycles. The zero-order chi connectivity index (χ0) is 21.8. The van der Waals surface area contributed by atoms with E-state index in [4.69, 9.17) is 0 Å². The monoisotopic (exact) mass is 421 g/mol. The highest BCUT2D eigenvalue weighted by Gasteiger charge is 2.21. The first-order valence-corrected chi connectivity index (χ1v) is 11.5. The lowest BCUT2D eigenvalue weighted by atomic mass is 9.93. The van der Waals surface area contributed by atoms with Crippen LogP contribution in [-0.4, -0.2) is 4.40 Å². The number of hydrogen-bond donors (Lipinski definition) is 0. The fourth-order valence-corrected chi connectivity index (χ4v) is 6.27. The molecule has 0 bridgehead atoms. The van der Waals surface area contributed by atoms with Gasteiger partial charge in [0.15, 0.2) is 6.20 Å². The van der Waals surface area contributed by atoms with Gasteiger partial charge in [-0.3, -0.25) is 0 Å². The van der Waals surface area contributed by atoms with Crippen molar-refractivity contribution in [1.29, 1.82) is 0 Å². The number of rotatable bonds is 0. The average molecular weight is 422 g/mol. The summed E-state index contributed by atoms with van der Waals surface area (Å²) in [6.45, 7) is 2.23. The first kappa shape index (κ1) is 17.4. The van der Waals surface area contributed by atoms with E-state index in [0.717, 1.165) is 0 Å². The van der Waals surface area contributed by atoms with E-state index in [0.29, 0.717) is 0 Å². The molecule has 33 heavy (non-hydrogen) atoms. The lowest BCUT2D eigenvalue weighted by Crippen LogP contribution is -2.28. The van der Waals surface area contributed by atoms with E-state index in [1.807, 2.05) is 0 Å². The number of aryl methyl sites for hydroxylation is 2. The molecule has 0 aliphatic rings. The second-order valence-electron chi connectivity index (χ2n) is 9.35. The van der Waals surface area contributed by atoms with Gasteiger partial charge in [0.25, 0.3) is 0 Å². The molecule has 2 nitrogen and oxygen atoms in total. The van der Waals surface area contributed by atoms with E-state index in [-0.39, 0.29) is 0 Å². The highest BCUT2D eigenvalue weighted by Crippen LogP contribution is 2.43. The van der Waals surface area contributed by atoms with Gasteiger partial charge >= 0.3 is 0 Å². The standard InChI is InChI=1S/C31H21N2/c1-18-8-5-10-20-25-17-28-26(16-24(25)22-13-7-15-32(2)31(22)29(18)20)23-12-6-11-21-19-9-3-4-14-27(19)33(28)30(21)23/h3-17H,1-2H3/q+1. The summed E-state index contributed by atoms with van der Waals surface area (Å²) < 4.78 is 4.75. The predicted octanol–water partition coefficient (Wildman–Crippen LogP) is 7.43. The maximum Gasteiger partial charge on any atom is 0.221 e. The van der Waals surface area contributed by atoms with Crippen LogP contribution in [0.5, 0.6) is 0 Å². The summed E-state index contributed by atoms with van der Waals surface area (Å²) in [4.78, 5) is 0. The molecule has 0 unspecified atom stereocenters. The first-order valence-electron chi connectivity index (χ1n) is 11.5. The van der Waals surface area contributed by atoms with Gasteiger partial charge in [-0.1, -0.05) is 54.6 Å². The van der Waals surface area contributed by atoms with Crippen LogP contribution in [0.4, 0.5) is 0 Å². The van der Waals surface area contributed by atoms with Gasteiger partial charge in [-0.2, -0.15) is 0 Å². The Morgan fingerprint density at radius 2 is 1.27 bits per heavy atom. The molecule has 0 spiro atoms. The number of aromatic nitrogens is 2. The maximum absolute atomic E-state index is 2.48. The maximum atomic E-state index is 2.48. The normalized spacial score (nSPS) is 12.5. The van der Waals surface area contributed by atoms with E-state index >= 15 is 0 Å². The Kier molecular flexibility index (Phi) is 3.05. The molecule has 0 atom stereocenters. The quantitative estimate of drug-likeness (QED) is 0.178. The summed E-state index contributed by atoms with van der Waals surface area (Å²) in [5.41, 5.74) is 6.53. The molecule has 154 valence electrons. The average Bonchev–Trinajstić information content (AvgIpc) is 3.35. The van der Waals surface area contributed by atoms with Crippen molar-refractivity contribution in [1.82, 2.24) is 4.40 Å². The summed E-state index contributed by atoms with van der Waals surface area (Å²) in [5.74, 6) is 0. The van der Waals surface area contributed by atoms with E-state index in [2.05, 4.69) is 114 Å². The Hall–Kier alpha value is -4.17. The van der Waals surface area contributed by atoms with Crippen LogP contribution in [0.2, 0.25) is 0 Å². The molecular formula is C31H21N2+. The fourth-order valence-electron chi connectivity index (χ4n) is 6.27. The largest absolute Gasteiger partial charge is 0.308 e. The van der Waals surface area contributed by atoms with Gasteiger partial charge in [-0.15, -0.1) is 0 Å². The van der Waals surface area contributed by atoms with Crippen LogP contribution in [0.1, 0.15) is 5.56 Å². The van der Waals surface area contributed by atoms with Crippen LogP contribution in [0.3, 0.4) is 0 Å². The molecule has 0 fully saturated rings. The van der Waals surface area contributed by atoms with E-state index in [1.165, 1.54) is 76.1 Å². The van der Waals surface area contributed by atoms with Crippen molar-refractivity contribution in [3.05, 3.63) is 96.7 Å². The van der Waals surface area contributed by atoms with Crippen LogP contribution in [-0.2, 0) is 7.05 Å². The fraction of sp³-hybridized carbons (Fsp3) is 0.0645. The van der Waals surface area contributed by atoms with Gasteiger partial charge in [0.1, 0.15) is 7.05 Å². The Balaban J connectivity index is 1.74. The van der Waals surface area contributed by atoms with Gasteiger partial charge in [-0.25, -0.2) is 4.57 Å². The number of fused-ring (bicyclic) bond motifs is 12. The molecule has 0 saturated carbocycles. The second-order valence-corrected chi connectivity index (χ2v) is 9.35. The Morgan fingerprint density at radius 1 is 0.576 bits per heavy atom. The smallest absolute Gasteiger partial charge is 0.221 e. The molecule has 2 heteroatoms. The zero-order valence-electron chi connectivity index (χ0n) is 18.6. The molecule has 0 N–H and O–H groups in total. The van der Waals surface area contributed by atoms with Crippen molar-refractivity contribution in [2.45, 2.75) is 6.92 Å². The van der Waals surface area contributed by atoms with Gasteiger partial charge in [0.05, 0.1) is 27.3 Å². The van der Waals surface area contributed by atoms with Crippen LogP contribution >= 0.6 is 0 Å². The van der Waals surface area contributed by atoms with Gasteiger partial charge in [-0.05, 0) is 52.9 Å². The molecule has 3 heterocycles. The highest BCUT2D eigenvalue weighted by atomic mass is 14.9.